The van der Waals surface area contributed by atoms with Crippen LogP contribution >= 0.6 is 23.2 Å². The molecule has 0 aliphatic heterocycles. The predicted octanol–water partition coefficient (Wildman–Crippen LogP) is 2.69. The summed E-state index contributed by atoms with van der Waals surface area (Å²) in [6.07, 6.45) is 0. The first-order valence-corrected chi connectivity index (χ1v) is 5.91. The van der Waals surface area contributed by atoms with E-state index in [0.29, 0.717) is 14.9 Å². The summed E-state index contributed by atoms with van der Waals surface area (Å²) in [5.74, 6) is -0.104. The molecule has 0 saturated heterocycles. The molecule has 1 aromatic rings. The Bertz CT molecular complexity index is 390. The van der Waals surface area contributed by atoms with Gasteiger partial charge in [0.2, 0.25) is 0 Å². The Labute approximate surface area is 94.7 Å². The molecule has 5 heteroatoms. The molecule has 2 nitrogen and oxygen atoms in total. The van der Waals surface area contributed by atoms with Crippen LogP contribution < -0.4 is 0 Å². The van der Waals surface area contributed by atoms with E-state index >= 15 is 0 Å². The molecule has 0 spiro atoms. The lowest BCUT2D eigenvalue weighted by Gasteiger charge is -2.01. The minimum absolute atomic E-state index is 0.0119. The van der Waals surface area contributed by atoms with Crippen LogP contribution in [0.25, 0.3) is 0 Å². The number of rotatable bonds is 3. The van der Waals surface area contributed by atoms with Crippen LogP contribution in [-0.4, -0.2) is 15.7 Å². The van der Waals surface area contributed by atoms with Crippen molar-refractivity contribution in [3.63, 3.8) is 0 Å². The van der Waals surface area contributed by atoms with Crippen molar-refractivity contribution in [2.75, 3.05) is 5.75 Å². The number of Topliss-reactive ketones (excluding diaryl/α,β-unsaturated/α-hetero) is 1. The molecule has 76 valence electrons. The van der Waals surface area contributed by atoms with Crippen LogP contribution in [0.4, 0.5) is 0 Å². The highest BCUT2D eigenvalue weighted by Gasteiger charge is 2.08. The average molecular weight is 251 g/mol. The summed E-state index contributed by atoms with van der Waals surface area (Å²) in [5, 5.41) is 0.760. The number of carbonyl (C=O) groups is 1. The molecule has 1 aromatic carbocycles. The SMILES string of the molecule is CC(=O)CS(=O)c1ccc(Cl)c(Cl)c1. The zero-order valence-electron chi connectivity index (χ0n) is 7.42. The largest absolute Gasteiger partial charge is 0.299 e. The quantitative estimate of drug-likeness (QED) is 0.827. The molecule has 0 bridgehead atoms. The Morgan fingerprint density at radius 3 is 2.50 bits per heavy atom. The minimum Gasteiger partial charge on any atom is -0.299 e. The fourth-order valence-electron chi connectivity index (χ4n) is 0.886. The van der Waals surface area contributed by atoms with Crippen molar-refractivity contribution >= 4 is 39.8 Å². The van der Waals surface area contributed by atoms with Gasteiger partial charge in [0.05, 0.1) is 26.6 Å². The summed E-state index contributed by atoms with van der Waals surface area (Å²) >= 11 is 11.4. The maximum Gasteiger partial charge on any atom is 0.142 e. The Morgan fingerprint density at radius 1 is 1.36 bits per heavy atom. The maximum atomic E-state index is 11.5. The molecule has 0 aliphatic rings. The third kappa shape index (κ3) is 3.08. The number of hydrogen-bond donors (Lipinski definition) is 0. The van der Waals surface area contributed by atoms with Gasteiger partial charge in [0, 0.05) is 4.90 Å². The molecule has 14 heavy (non-hydrogen) atoms. The molecule has 0 aliphatic carbocycles. The molecule has 0 radical (unpaired) electrons. The van der Waals surface area contributed by atoms with Gasteiger partial charge in [-0.05, 0) is 25.1 Å². The van der Waals surface area contributed by atoms with E-state index in [2.05, 4.69) is 0 Å². The molecule has 0 saturated carbocycles. The summed E-state index contributed by atoms with van der Waals surface area (Å²) < 4.78 is 11.5. The van der Waals surface area contributed by atoms with Gasteiger partial charge in [0.25, 0.3) is 0 Å². The van der Waals surface area contributed by atoms with Crippen molar-refractivity contribution in [1.29, 1.82) is 0 Å². The highest BCUT2D eigenvalue weighted by atomic mass is 35.5. The standard InChI is InChI=1S/C9H8Cl2O2S/c1-6(12)5-14(13)7-2-3-8(10)9(11)4-7/h2-4H,5H2,1H3. The van der Waals surface area contributed by atoms with Crippen LogP contribution in [-0.2, 0) is 15.6 Å². The molecular formula is C9H8Cl2O2S. The van der Waals surface area contributed by atoms with Crippen molar-refractivity contribution in [2.24, 2.45) is 0 Å². The maximum absolute atomic E-state index is 11.5. The van der Waals surface area contributed by atoms with Crippen LogP contribution in [0.5, 0.6) is 0 Å². The lowest BCUT2D eigenvalue weighted by atomic mass is 10.4. The first-order chi connectivity index (χ1) is 6.50. The highest BCUT2D eigenvalue weighted by Crippen LogP contribution is 2.24. The monoisotopic (exact) mass is 250 g/mol. The Balaban J connectivity index is 2.91. The van der Waals surface area contributed by atoms with Gasteiger partial charge < -0.3 is 0 Å². The van der Waals surface area contributed by atoms with E-state index < -0.39 is 10.8 Å². The normalized spacial score (nSPS) is 12.5. The lowest BCUT2D eigenvalue weighted by Crippen LogP contribution is -2.06. The molecule has 0 aromatic heterocycles. The van der Waals surface area contributed by atoms with Gasteiger partial charge in [-0.1, -0.05) is 23.2 Å². The second-order valence-corrected chi connectivity index (χ2v) is 5.03. The van der Waals surface area contributed by atoms with Gasteiger partial charge >= 0.3 is 0 Å². The van der Waals surface area contributed by atoms with Gasteiger partial charge in [-0.15, -0.1) is 0 Å². The third-order valence-electron chi connectivity index (χ3n) is 1.49. The summed E-state index contributed by atoms with van der Waals surface area (Å²) in [6, 6.07) is 4.69. The van der Waals surface area contributed by atoms with Gasteiger partial charge in [0.1, 0.15) is 5.78 Å². The molecule has 1 rings (SSSR count). The first kappa shape index (κ1) is 11.7. The number of benzene rings is 1. The fraction of sp³-hybridized carbons (Fsp3) is 0.222. The second-order valence-electron chi connectivity index (χ2n) is 2.77. The summed E-state index contributed by atoms with van der Waals surface area (Å²) in [6.45, 7) is 1.40. The van der Waals surface area contributed by atoms with Crippen molar-refractivity contribution < 1.29 is 9.00 Å². The van der Waals surface area contributed by atoms with Crippen molar-refractivity contribution in [3.05, 3.63) is 28.2 Å². The van der Waals surface area contributed by atoms with Gasteiger partial charge in [-0.2, -0.15) is 0 Å². The van der Waals surface area contributed by atoms with E-state index in [1.165, 1.54) is 13.0 Å². The fourth-order valence-corrected chi connectivity index (χ4v) is 2.25. The van der Waals surface area contributed by atoms with Crippen molar-refractivity contribution in [2.45, 2.75) is 11.8 Å². The van der Waals surface area contributed by atoms with Crippen LogP contribution in [0.1, 0.15) is 6.92 Å². The summed E-state index contributed by atoms with van der Waals surface area (Å²) in [5.41, 5.74) is 0. The molecular weight excluding hydrogens is 243 g/mol. The van der Waals surface area contributed by atoms with Crippen molar-refractivity contribution in [3.8, 4) is 0 Å². The smallest absolute Gasteiger partial charge is 0.142 e. The highest BCUT2D eigenvalue weighted by molar-refractivity contribution is 7.85. The molecule has 0 N–H and O–H groups in total. The number of carbonyl (C=O) groups excluding carboxylic acids is 1. The minimum atomic E-state index is -1.32. The van der Waals surface area contributed by atoms with E-state index in [0.717, 1.165) is 0 Å². The predicted molar refractivity (Wildman–Crippen MR) is 58.4 cm³/mol. The number of hydrogen-bond acceptors (Lipinski definition) is 2. The topological polar surface area (TPSA) is 34.1 Å². The molecule has 1 unspecified atom stereocenters. The zero-order chi connectivity index (χ0) is 10.7. The van der Waals surface area contributed by atoms with E-state index in [1.807, 2.05) is 0 Å². The Hall–Kier alpha value is -0.380. The lowest BCUT2D eigenvalue weighted by molar-refractivity contribution is -0.114. The van der Waals surface area contributed by atoms with Crippen LogP contribution in [0.3, 0.4) is 0 Å². The Morgan fingerprint density at radius 2 is 2.00 bits per heavy atom. The van der Waals surface area contributed by atoms with Gasteiger partial charge in [-0.25, -0.2) is 0 Å². The van der Waals surface area contributed by atoms with E-state index in [-0.39, 0.29) is 11.5 Å². The summed E-state index contributed by atoms with van der Waals surface area (Å²) in [4.78, 5) is 11.3. The van der Waals surface area contributed by atoms with E-state index in [1.54, 1.807) is 12.1 Å². The second kappa shape index (κ2) is 4.91. The van der Waals surface area contributed by atoms with Crippen LogP contribution in [0.15, 0.2) is 23.1 Å². The number of ketones is 1. The van der Waals surface area contributed by atoms with Gasteiger partial charge in [-0.3, -0.25) is 9.00 Å². The van der Waals surface area contributed by atoms with E-state index in [4.69, 9.17) is 23.2 Å². The molecule has 1 atom stereocenters. The van der Waals surface area contributed by atoms with Crippen molar-refractivity contribution in [1.82, 2.24) is 0 Å². The molecule has 0 fully saturated rings. The Kier molecular flexibility index (Phi) is 4.11. The third-order valence-corrected chi connectivity index (χ3v) is 3.68. The van der Waals surface area contributed by atoms with Crippen LogP contribution in [0, 0.1) is 0 Å². The van der Waals surface area contributed by atoms with Gasteiger partial charge in [0.15, 0.2) is 0 Å². The van der Waals surface area contributed by atoms with E-state index in [9.17, 15) is 9.00 Å². The number of halogens is 2. The molecule has 0 amide bonds. The van der Waals surface area contributed by atoms with Crippen LogP contribution in [0.2, 0.25) is 10.0 Å². The summed E-state index contributed by atoms with van der Waals surface area (Å²) in [7, 11) is -1.32. The first-order valence-electron chi connectivity index (χ1n) is 3.83. The average Bonchev–Trinajstić information content (AvgIpc) is 2.08. The zero-order valence-corrected chi connectivity index (χ0v) is 9.75. The molecule has 0 heterocycles.